The summed E-state index contributed by atoms with van der Waals surface area (Å²) in [5, 5.41) is 0. The number of ether oxygens (including phenoxy) is 1. The average molecular weight is 166 g/mol. The van der Waals surface area contributed by atoms with Crippen molar-refractivity contribution in [2.75, 3.05) is 6.61 Å². The average Bonchev–Trinajstić information content (AvgIpc) is 1.84. The molecule has 0 fully saturated rings. The lowest BCUT2D eigenvalue weighted by atomic mass is 9.95. The van der Waals surface area contributed by atoms with Gasteiger partial charge in [0.25, 0.3) is 6.43 Å². The van der Waals surface area contributed by atoms with Crippen molar-refractivity contribution < 1.29 is 13.5 Å². The Morgan fingerprint density at radius 3 is 2.00 bits per heavy atom. The number of hydrogen-bond acceptors (Lipinski definition) is 1. The fourth-order valence-electron chi connectivity index (χ4n) is 0.444. The third kappa shape index (κ3) is 4.30. The summed E-state index contributed by atoms with van der Waals surface area (Å²) in [6.45, 7) is 7.07. The van der Waals surface area contributed by atoms with Crippen LogP contribution in [0.2, 0.25) is 0 Å². The zero-order valence-electron chi connectivity index (χ0n) is 7.53. The molecule has 0 radical (unpaired) electrons. The molecule has 0 rings (SSSR count). The zero-order chi connectivity index (χ0) is 9.07. The van der Waals surface area contributed by atoms with Crippen molar-refractivity contribution in [2.24, 2.45) is 5.92 Å². The molecule has 0 saturated carbocycles. The van der Waals surface area contributed by atoms with E-state index in [9.17, 15) is 8.78 Å². The van der Waals surface area contributed by atoms with Crippen molar-refractivity contribution in [3.8, 4) is 0 Å². The Balaban J connectivity index is 3.73. The third-order valence-electron chi connectivity index (χ3n) is 1.97. The standard InChI is InChI=1S/C8H16F2O/c1-6(2)8(3,4)11-5-7(9)10/h6-7H,5H2,1-4H3. The van der Waals surface area contributed by atoms with Crippen LogP contribution in [0.15, 0.2) is 0 Å². The molecule has 0 aromatic rings. The quantitative estimate of drug-likeness (QED) is 0.624. The van der Waals surface area contributed by atoms with Crippen molar-refractivity contribution in [1.29, 1.82) is 0 Å². The highest BCUT2D eigenvalue weighted by Gasteiger charge is 2.24. The van der Waals surface area contributed by atoms with Crippen LogP contribution in [0.3, 0.4) is 0 Å². The lowest BCUT2D eigenvalue weighted by Gasteiger charge is -2.29. The molecule has 0 aliphatic carbocycles. The minimum absolute atomic E-state index is 0.251. The second-order valence-electron chi connectivity index (χ2n) is 3.46. The van der Waals surface area contributed by atoms with Gasteiger partial charge < -0.3 is 4.74 Å². The molecule has 0 spiro atoms. The lowest BCUT2D eigenvalue weighted by Crippen LogP contribution is -2.32. The molecule has 1 nitrogen and oxygen atoms in total. The second kappa shape index (κ2) is 4.00. The summed E-state index contributed by atoms with van der Waals surface area (Å²) in [6, 6.07) is 0. The van der Waals surface area contributed by atoms with Gasteiger partial charge in [0.15, 0.2) is 0 Å². The summed E-state index contributed by atoms with van der Waals surface area (Å²) in [5.74, 6) is 0.251. The van der Waals surface area contributed by atoms with Gasteiger partial charge >= 0.3 is 0 Å². The Labute approximate surface area is 66.7 Å². The topological polar surface area (TPSA) is 9.23 Å². The first-order valence-corrected chi connectivity index (χ1v) is 3.78. The van der Waals surface area contributed by atoms with E-state index >= 15 is 0 Å². The van der Waals surface area contributed by atoms with E-state index in [0.29, 0.717) is 0 Å². The van der Waals surface area contributed by atoms with E-state index in [1.807, 2.05) is 27.7 Å². The van der Waals surface area contributed by atoms with Crippen molar-refractivity contribution in [3.63, 3.8) is 0 Å². The summed E-state index contributed by atoms with van der Waals surface area (Å²) >= 11 is 0. The van der Waals surface area contributed by atoms with E-state index in [2.05, 4.69) is 0 Å². The van der Waals surface area contributed by atoms with Crippen LogP contribution in [0, 0.1) is 5.92 Å². The van der Waals surface area contributed by atoms with Crippen molar-refractivity contribution in [2.45, 2.75) is 39.7 Å². The molecule has 0 bridgehead atoms. The predicted octanol–water partition coefficient (Wildman–Crippen LogP) is 2.70. The molecule has 0 heterocycles. The van der Waals surface area contributed by atoms with E-state index in [1.54, 1.807) is 0 Å². The molecule has 0 saturated heterocycles. The Hall–Kier alpha value is -0.180. The fraction of sp³-hybridized carbons (Fsp3) is 1.00. The Morgan fingerprint density at radius 2 is 1.73 bits per heavy atom. The lowest BCUT2D eigenvalue weighted by molar-refractivity contribution is -0.0921. The van der Waals surface area contributed by atoms with E-state index < -0.39 is 18.6 Å². The summed E-state index contributed by atoms with van der Waals surface area (Å²) in [4.78, 5) is 0. The molecular formula is C8H16F2O. The maximum absolute atomic E-state index is 11.7. The van der Waals surface area contributed by atoms with Gasteiger partial charge in [0, 0.05) is 0 Å². The Morgan fingerprint density at radius 1 is 1.27 bits per heavy atom. The van der Waals surface area contributed by atoms with Gasteiger partial charge in [-0.05, 0) is 19.8 Å². The van der Waals surface area contributed by atoms with E-state index in [0.717, 1.165) is 0 Å². The Kier molecular flexibility index (Phi) is 3.93. The summed E-state index contributed by atoms with van der Waals surface area (Å²) in [5.41, 5.74) is -0.448. The molecule has 0 aliphatic heterocycles. The molecule has 0 unspecified atom stereocenters. The zero-order valence-corrected chi connectivity index (χ0v) is 7.53. The number of rotatable bonds is 4. The minimum Gasteiger partial charge on any atom is -0.369 e. The van der Waals surface area contributed by atoms with E-state index in [-0.39, 0.29) is 5.92 Å². The van der Waals surface area contributed by atoms with Crippen LogP contribution in [-0.4, -0.2) is 18.6 Å². The first kappa shape index (κ1) is 10.8. The maximum atomic E-state index is 11.7. The summed E-state index contributed by atoms with van der Waals surface area (Å²) in [6.07, 6.45) is -2.37. The van der Waals surface area contributed by atoms with Crippen LogP contribution in [0.1, 0.15) is 27.7 Å². The van der Waals surface area contributed by atoms with Gasteiger partial charge in [-0.2, -0.15) is 0 Å². The monoisotopic (exact) mass is 166 g/mol. The van der Waals surface area contributed by atoms with E-state index in [1.165, 1.54) is 0 Å². The first-order chi connectivity index (χ1) is 4.86. The van der Waals surface area contributed by atoms with Crippen LogP contribution in [0.5, 0.6) is 0 Å². The van der Waals surface area contributed by atoms with E-state index in [4.69, 9.17) is 4.74 Å². The molecule has 0 amide bonds. The van der Waals surface area contributed by atoms with Gasteiger partial charge in [0.1, 0.15) is 6.61 Å². The minimum atomic E-state index is -2.37. The van der Waals surface area contributed by atoms with Crippen LogP contribution in [0.4, 0.5) is 8.78 Å². The van der Waals surface area contributed by atoms with Crippen molar-refractivity contribution in [1.82, 2.24) is 0 Å². The SMILES string of the molecule is CC(C)C(C)(C)OCC(F)F. The molecule has 0 atom stereocenters. The summed E-state index contributed by atoms with van der Waals surface area (Å²) in [7, 11) is 0. The van der Waals surface area contributed by atoms with Gasteiger partial charge in [0.05, 0.1) is 5.60 Å². The Bertz CT molecular complexity index is 111. The highest BCUT2D eigenvalue weighted by Crippen LogP contribution is 2.20. The molecular weight excluding hydrogens is 150 g/mol. The number of alkyl halides is 2. The van der Waals surface area contributed by atoms with Gasteiger partial charge in [-0.25, -0.2) is 8.78 Å². The van der Waals surface area contributed by atoms with Gasteiger partial charge in [0.2, 0.25) is 0 Å². The molecule has 68 valence electrons. The number of halogens is 2. The predicted molar refractivity (Wildman–Crippen MR) is 40.9 cm³/mol. The fourth-order valence-corrected chi connectivity index (χ4v) is 0.444. The van der Waals surface area contributed by atoms with Gasteiger partial charge in [-0.1, -0.05) is 13.8 Å². The van der Waals surface area contributed by atoms with Gasteiger partial charge in [-0.15, -0.1) is 0 Å². The molecule has 3 heteroatoms. The largest absolute Gasteiger partial charge is 0.369 e. The first-order valence-electron chi connectivity index (χ1n) is 3.78. The molecule has 0 aromatic heterocycles. The smallest absolute Gasteiger partial charge is 0.261 e. The van der Waals surface area contributed by atoms with Crippen LogP contribution in [-0.2, 0) is 4.74 Å². The van der Waals surface area contributed by atoms with Crippen LogP contribution >= 0.6 is 0 Å². The van der Waals surface area contributed by atoms with Crippen molar-refractivity contribution in [3.05, 3.63) is 0 Å². The molecule has 11 heavy (non-hydrogen) atoms. The van der Waals surface area contributed by atoms with Gasteiger partial charge in [-0.3, -0.25) is 0 Å². The number of hydrogen-bond donors (Lipinski definition) is 0. The summed E-state index contributed by atoms with van der Waals surface area (Å²) < 4.78 is 28.4. The molecule has 0 N–H and O–H groups in total. The highest BCUT2D eigenvalue weighted by molar-refractivity contribution is 4.72. The highest BCUT2D eigenvalue weighted by atomic mass is 19.3. The molecule has 0 aromatic carbocycles. The molecule has 0 aliphatic rings. The normalized spacial score (nSPS) is 13.1. The maximum Gasteiger partial charge on any atom is 0.261 e. The van der Waals surface area contributed by atoms with Crippen molar-refractivity contribution >= 4 is 0 Å². The second-order valence-corrected chi connectivity index (χ2v) is 3.46. The third-order valence-corrected chi connectivity index (χ3v) is 1.97. The van der Waals surface area contributed by atoms with Crippen LogP contribution < -0.4 is 0 Å². The van der Waals surface area contributed by atoms with Crippen LogP contribution in [0.25, 0.3) is 0 Å².